The number of nitro groups is 1. The minimum Gasteiger partial charge on any atom is -0.356 e. The molecule has 0 amide bonds. The van der Waals surface area contributed by atoms with Gasteiger partial charge in [0.1, 0.15) is 6.73 Å². The molecule has 29 heavy (non-hydrogen) atoms. The van der Waals surface area contributed by atoms with Crippen molar-refractivity contribution in [2.45, 2.75) is 30.4 Å². The van der Waals surface area contributed by atoms with E-state index in [9.17, 15) is 18.5 Å². The number of hydrogen-bond donors (Lipinski definition) is 0. The summed E-state index contributed by atoms with van der Waals surface area (Å²) in [5.74, 6) is 0. The fourth-order valence-electron chi connectivity index (χ4n) is 3.88. The highest BCUT2D eigenvalue weighted by Crippen LogP contribution is 2.33. The van der Waals surface area contributed by atoms with Gasteiger partial charge in [-0.2, -0.15) is 4.31 Å². The molecule has 0 atom stereocenters. The molecular formula is C19H20ClN3O5S. The lowest BCUT2D eigenvalue weighted by molar-refractivity contribution is -0.385. The maximum Gasteiger partial charge on any atom is 0.270 e. The fraction of sp³-hybridized carbons (Fsp3) is 0.368. The van der Waals surface area contributed by atoms with Crippen LogP contribution in [0.4, 0.5) is 11.4 Å². The smallest absolute Gasteiger partial charge is 0.270 e. The van der Waals surface area contributed by atoms with Crippen molar-refractivity contribution in [2.75, 3.05) is 24.7 Å². The SMILES string of the molecule is O=[N+]([O-])c1cccc(S(=O)(=O)N2CCC(N3COCc4cc(Cl)ccc43)CC2)c1. The summed E-state index contributed by atoms with van der Waals surface area (Å²) < 4.78 is 32.9. The van der Waals surface area contributed by atoms with E-state index in [0.29, 0.717) is 44.3 Å². The topological polar surface area (TPSA) is 93.0 Å². The highest BCUT2D eigenvalue weighted by molar-refractivity contribution is 7.89. The van der Waals surface area contributed by atoms with Crippen LogP contribution in [0.1, 0.15) is 18.4 Å². The highest BCUT2D eigenvalue weighted by atomic mass is 35.5. The molecule has 0 N–H and O–H groups in total. The van der Waals surface area contributed by atoms with E-state index in [1.807, 2.05) is 18.2 Å². The van der Waals surface area contributed by atoms with E-state index < -0.39 is 14.9 Å². The van der Waals surface area contributed by atoms with Gasteiger partial charge in [0.15, 0.2) is 0 Å². The lowest BCUT2D eigenvalue weighted by Gasteiger charge is -2.41. The monoisotopic (exact) mass is 437 g/mol. The normalized spacial score (nSPS) is 18.4. The summed E-state index contributed by atoms with van der Waals surface area (Å²) >= 11 is 6.08. The lowest BCUT2D eigenvalue weighted by atomic mass is 10.0. The van der Waals surface area contributed by atoms with Crippen LogP contribution < -0.4 is 4.90 Å². The lowest BCUT2D eigenvalue weighted by Crippen LogP contribution is -2.48. The van der Waals surface area contributed by atoms with Gasteiger partial charge in [0.25, 0.3) is 5.69 Å². The molecule has 1 fully saturated rings. The van der Waals surface area contributed by atoms with Crippen LogP contribution in [0.3, 0.4) is 0 Å². The minimum absolute atomic E-state index is 0.0496. The van der Waals surface area contributed by atoms with Gasteiger partial charge in [-0.05, 0) is 37.1 Å². The van der Waals surface area contributed by atoms with Crippen LogP contribution >= 0.6 is 11.6 Å². The number of sulfonamides is 1. The molecule has 0 aliphatic carbocycles. The predicted molar refractivity (Wildman–Crippen MR) is 108 cm³/mol. The molecule has 0 radical (unpaired) electrons. The van der Waals surface area contributed by atoms with E-state index >= 15 is 0 Å². The number of benzene rings is 2. The van der Waals surface area contributed by atoms with Gasteiger partial charge in [0.05, 0.1) is 16.4 Å². The zero-order valence-corrected chi connectivity index (χ0v) is 17.1. The van der Waals surface area contributed by atoms with Crippen molar-refractivity contribution in [2.24, 2.45) is 0 Å². The third-order valence-electron chi connectivity index (χ3n) is 5.37. The molecule has 4 rings (SSSR count). The first-order chi connectivity index (χ1) is 13.9. The van der Waals surface area contributed by atoms with Crippen molar-refractivity contribution >= 4 is 33.0 Å². The second kappa shape index (κ2) is 7.91. The van der Waals surface area contributed by atoms with Gasteiger partial charge < -0.3 is 9.64 Å². The molecule has 154 valence electrons. The Hall–Kier alpha value is -2.20. The van der Waals surface area contributed by atoms with Gasteiger partial charge in [-0.3, -0.25) is 10.1 Å². The first-order valence-corrected chi connectivity index (χ1v) is 11.1. The average Bonchev–Trinajstić information content (AvgIpc) is 2.73. The molecule has 0 bridgehead atoms. The summed E-state index contributed by atoms with van der Waals surface area (Å²) in [5, 5.41) is 11.6. The van der Waals surface area contributed by atoms with Crippen LogP contribution in [-0.2, 0) is 21.4 Å². The second-order valence-corrected chi connectivity index (χ2v) is 9.48. The molecule has 2 aliphatic heterocycles. The van der Waals surface area contributed by atoms with Gasteiger partial charge in [0, 0.05) is 47.5 Å². The van der Waals surface area contributed by atoms with Crippen molar-refractivity contribution in [1.82, 2.24) is 4.31 Å². The van der Waals surface area contributed by atoms with Crippen LogP contribution in [0.15, 0.2) is 47.4 Å². The molecule has 2 aliphatic rings. The summed E-state index contributed by atoms with van der Waals surface area (Å²) in [6.07, 6.45) is 1.28. The molecule has 1 saturated heterocycles. The molecule has 2 aromatic carbocycles. The van der Waals surface area contributed by atoms with E-state index in [2.05, 4.69) is 4.90 Å². The van der Waals surface area contributed by atoms with Gasteiger partial charge in [-0.15, -0.1) is 0 Å². The Bertz CT molecular complexity index is 1040. The van der Waals surface area contributed by atoms with E-state index in [1.54, 1.807) is 0 Å². The number of rotatable bonds is 4. The van der Waals surface area contributed by atoms with Gasteiger partial charge in [-0.1, -0.05) is 17.7 Å². The number of ether oxygens (including phenoxy) is 1. The van der Waals surface area contributed by atoms with E-state index in [-0.39, 0.29) is 16.6 Å². The van der Waals surface area contributed by atoms with E-state index in [1.165, 1.54) is 22.5 Å². The molecule has 10 heteroatoms. The van der Waals surface area contributed by atoms with Gasteiger partial charge in [-0.25, -0.2) is 8.42 Å². The van der Waals surface area contributed by atoms with Crippen LogP contribution in [0, 0.1) is 10.1 Å². The average molecular weight is 438 g/mol. The quantitative estimate of drug-likeness (QED) is 0.537. The predicted octanol–water partition coefficient (Wildman–Crippen LogP) is 3.40. The molecule has 0 saturated carbocycles. The number of non-ortho nitro benzene ring substituents is 1. The summed E-state index contributed by atoms with van der Waals surface area (Å²) in [7, 11) is -3.78. The standard InChI is InChI=1S/C19H20ClN3O5S/c20-15-4-5-19-14(10-15)12-28-13-22(19)16-6-8-21(9-7-16)29(26,27)18-3-1-2-17(11-18)23(24)25/h1-5,10-11,16H,6-9,12-13H2. The van der Waals surface area contributed by atoms with E-state index in [0.717, 1.165) is 17.3 Å². The molecule has 0 aromatic heterocycles. The zero-order valence-electron chi connectivity index (χ0n) is 15.5. The number of piperidine rings is 1. The third-order valence-corrected chi connectivity index (χ3v) is 7.50. The molecule has 2 aromatic rings. The first-order valence-electron chi connectivity index (χ1n) is 9.24. The molecular weight excluding hydrogens is 418 g/mol. The Morgan fingerprint density at radius 3 is 2.62 bits per heavy atom. The first kappa shape index (κ1) is 20.1. The molecule has 2 heterocycles. The fourth-order valence-corrected chi connectivity index (χ4v) is 5.58. The second-order valence-electron chi connectivity index (χ2n) is 7.11. The van der Waals surface area contributed by atoms with Crippen molar-refractivity contribution < 1.29 is 18.1 Å². The van der Waals surface area contributed by atoms with Crippen molar-refractivity contribution in [3.63, 3.8) is 0 Å². The Balaban J connectivity index is 1.49. The van der Waals surface area contributed by atoms with Crippen LogP contribution in [-0.4, -0.2) is 43.5 Å². The molecule has 8 nitrogen and oxygen atoms in total. The van der Waals surface area contributed by atoms with Crippen molar-refractivity contribution in [3.05, 3.63) is 63.2 Å². The highest BCUT2D eigenvalue weighted by Gasteiger charge is 2.34. The Morgan fingerprint density at radius 2 is 1.90 bits per heavy atom. The minimum atomic E-state index is -3.78. The van der Waals surface area contributed by atoms with Crippen LogP contribution in [0.25, 0.3) is 0 Å². The third kappa shape index (κ3) is 3.95. The van der Waals surface area contributed by atoms with Gasteiger partial charge >= 0.3 is 0 Å². The number of hydrogen-bond acceptors (Lipinski definition) is 6. The molecule has 0 unspecified atom stereocenters. The van der Waals surface area contributed by atoms with Crippen molar-refractivity contribution in [3.8, 4) is 0 Å². The van der Waals surface area contributed by atoms with Crippen LogP contribution in [0.2, 0.25) is 5.02 Å². The number of fused-ring (bicyclic) bond motifs is 1. The Labute approximate surface area is 173 Å². The van der Waals surface area contributed by atoms with Gasteiger partial charge in [0.2, 0.25) is 10.0 Å². The summed E-state index contributed by atoms with van der Waals surface area (Å²) in [4.78, 5) is 12.5. The largest absolute Gasteiger partial charge is 0.356 e. The summed E-state index contributed by atoms with van der Waals surface area (Å²) in [6.45, 7) is 1.65. The zero-order chi connectivity index (χ0) is 20.6. The van der Waals surface area contributed by atoms with E-state index in [4.69, 9.17) is 16.3 Å². The number of nitrogens with zero attached hydrogens (tertiary/aromatic N) is 3. The van der Waals surface area contributed by atoms with Crippen LogP contribution in [0.5, 0.6) is 0 Å². The number of halogens is 1. The number of nitro benzene ring substituents is 1. The number of anilines is 1. The summed E-state index contributed by atoms with van der Waals surface area (Å²) in [6, 6.07) is 11.0. The maximum atomic E-state index is 12.9. The Kier molecular flexibility index (Phi) is 5.48. The maximum absolute atomic E-state index is 12.9. The Morgan fingerprint density at radius 1 is 1.14 bits per heavy atom. The van der Waals surface area contributed by atoms with Crippen molar-refractivity contribution in [1.29, 1.82) is 0 Å². The molecule has 0 spiro atoms. The summed E-state index contributed by atoms with van der Waals surface area (Å²) in [5.41, 5.74) is 1.86.